The molecule has 1 N–H and O–H groups in total. The molecule has 4 rings (SSSR count). The standard InChI is InChI=1S/C23H21NO5S.Na.H/c25-22-20-13-7-8-14-21(20)23(19-11-5-2-6-12-19,29-15-16-30(26,27)28)24(22)17-18-9-3-1-4-10-18;;/h1-14H,15-17H2,(H,26,27,28);;/q;+1;-1. The molecule has 0 radical (unpaired) electrons. The summed E-state index contributed by atoms with van der Waals surface area (Å²) in [6.45, 7) is -0.00421. The van der Waals surface area contributed by atoms with Crippen molar-refractivity contribution < 1.29 is 53.5 Å². The number of benzene rings is 3. The van der Waals surface area contributed by atoms with Crippen molar-refractivity contribution in [3.8, 4) is 0 Å². The minimum absolute atomic E-state index is 0. The van der Waals surface area contributed by atoms with Crippen LogP contribution in [0.25, 0.3) is 0 Å². The van der Waals surface area contributed by atoms with Crippen LogP contribution in [0.4, 0.5) is 0 Å². The van der Waals surface area contributed by atoms with Crippen molar-refractivity contribution in [2.75, 3.05) is 12.4 Å². The average molecular weight is 447 g/mol. The number of rotatable bonds is 7. The van der Waals surface area contributed by atoms with E-state index in [1.165, 1.54) is 0 Å². The fourth-order valence-electron chi connectivity index (χ4n) is 3.86. The van der Waals surface area contributed by atoms with Gasteiger partial charge in [-0.25, -0.2) is 0 Å². The molecule has 0 saturated carbocycles. The molecule has 0 fully saturated rings. The van der Waals surface area contributed by atoms with E-state index in [0.29, 0.717) is 16.7 Å². The van der Waals surface area contributed by atoms with Gasteiger partial charge in [0.1, 0.15) is 0 Å². The maximum Gasteiger partial charge on any atom is 1.00 e. The van der Waals surface area contributed by atoms with E-state index in [1.54, 1.807) is 17.0 Å². The normalized spacial score (nSPS) is 17.8. The topological polar surface area (TPSA) is 83.9 Å². The Morgan fingerprint density at radius 3 is 2.13 bits per heavy atom. The van der Waals surface area contributed by atoms with E-state index in [4.69, 9.17) is 4.74 Å². The number of nitrogens with zero attached hydrogens (tertiary/aromatic N) is 1. The van der Waals surface area contributed by atoms with Gasteiger partial charge in [0.05, 0.1) is 12.4 Å². The quantitative estimate of drug-likeness (QED) is 0.423. The van der Waals surface area contributed by atoms with Crippen LogP contribution in [-0.4, -0.2) is 36.1 Å². The Balaban J connectivity index is 0.00000181. The molecule has 3 aromatic carbocycles. The molecule has 0 bridgehead atoms. The minimum atomic E-state index is -4.22. The first-order valence-corrected chi connectivity index (χ1v) is 11.1. The van der Waals surface area contributed by atoms with Gasteiger partial charge >= 0.3 is 29.6 Å². The van der Waals surface area contributed by atoms with Gasteiger partial charge < -0.3 is 6.16 Å². The zero-order chi connectivity index (χ0) is 21.2. The molecule has 156 valence electrons. The summed E-state index contributed by atoms with van der Waals surface area (Å²) in [5, 5.41) is 0. The van der Waals surface area contributed by atoms with Gasteiger partial charge in [0, 0.05) is 23.2 Å². The van der Waals surface area contributed by atoms with Crippen LogP contribution in [0.2, 0.25) is 0 Å². The second-order valence-electron chi connectivity index (χ2n) is 7.07. The second-order valence-corrected chi connectivity index (χ2v) is 8.64. The maximum absolute atomic E-state index is 13.4. The zero-order valence-corrected chi connectivity index (χ0v) is 20.0. The molecule has 1 amide bonds. The molecule has 31 heavy (non-hydrogen) atoms. The third-order valence-electron chi connectivity index (χ3n) is 5.15. The zero-order valence-electron chi connectivity index (χ0n) is 18.1. The molecule has 1 atom stereocenters. The number of carbonyl (C=O) groups is 1. The van der Waals surface area contributed by atoms with Crippen LogP contribution in [0.15, 0.2) is 84.9 Å². The summed E-state index contributed by atoms with van der Waals surface area (Å²) in [6, 6.07) is 25.9. The first-order valence-electron chi connectivity index (χ1n) is 9.52. The van der Waals surface area contributed by atoms with E-state index in [2.05, 4.69) is 0 Å². The fourth-order valence-corrected chi connectivity index (χ4v) is 4.15. The van der Waals surface area contributed by atoms with Crippen molar-refractivity contribution >= 4 is 16.0 Å². The molecular weight excluding hydrogens is 425 g/mol. The summed E-state index contributed by atoms with van der Waals surface area (Å²) in [4.78, 5) is 15.0. The van der Waals surface area contributed by atoms with E-state index < -0.39 is 21.6 Å². The van der Waals surface area contributed by atoms with E-state index in [9.17, 15) is 17.8 Å². The molecule has 1 aliphatic rings. The van der Waals surface area contributed by atoms with Crippen LogP contribution in [0.5, 0.6) is 0 Å². The third-order valence-corrected chi connectivity index (χ3v) is 5.83. The number of hydrogen-bond donors (Lipinski definition) is 1. The molecule has 0 spiro atoms. The van der Waals surface area contributed by atoms with Crippen molar-refractivity contribution in [1.82, 2.24) is 4.90 Å². The predicted molar refractivity (Wildman–Crippen MR) is 113 cm³/mol. The van der Waals surface area contributed by atoms with Crippen LogP contribution in [0.3, 0.4) is 0 Å². The molecule has 6 nitrogen and oxygen atoms in total. The molecule has 0 saturated heterocycles. The van der Waals surface area contributed by atoms with Crippen LogP contribution in [0.1, 0.15) is 28.5 Å². The molecule has 1 unspecified atom stereocenters. The van der Waals surface area contributed by atoms with Crippen LogP contribution in [-0.2, 0) is 27.1 Å². The molecule has 3 aromatic rings. The van der Waals surface area contributed by atoms with Gasteiger partial charge in [-0.2, -0.15) is 8.42 Å². The number of ether oxygens (including phenoxy) is 1. The molecular formula is C23H22NNaO5S. The van der Waals surface area contributed by atoms with Crippen LogP contribution >= 0.6 is 0 Å². The number of amides is 1. The monoisotopic (exact) mass is 447 g/mol. The average Bonchev–Trinajstić information content (AvgIpc) is 2.98. The molecule has 0 aromatic heterocycles. The molecule has 0 aliphatic carbocycles. The fraction of sp³-hybridized carbons (Fsp3) is 0.174. The van der Waals surface area contributed by atoms with Gasteiger partial charge in [0.25, 0.3) is 16.0 Å². The van der Waals surface area contributed by atoms with Gasteiger partial charge in [-0.1, -0.05) is 78.9 Å². The van der Waals surface area contributed by atoms with Gasteiger partial charge in [-0.05, 0) is 11.6 Å². The van der Waals surface area contributed by atoms with Crippen molar-refractivity contribution in [3.05, 3.63) is 107 Å². The third kappa shape index (κ3) is 4.77. The molecule has 8 heteroatoms. The van der Waals surface area contributed by atoms with E-state index in [0.717, 1.165) is 5.56 Å². The summed E-state index contributed by atoms with van der Waals surface area (Å²) in [7, 11) is -4.22. The van der Waals surface area contributed by atoms with Crippen LogP contribution < -0.4 is 29.6 Å². The number of carbonyl (C=O) groups excluding carboxylic acids is 1. The van der Waals surface area contributed by atoms with Crippen molar-refractivity contribution in [1.29, 1.82) is 0 Å². The summed E-state index contributed by atoms with van der Waals surface area (Å²) < 4.78 is 38.1. The minimum Gasteiger partial charge on any atom is -1.00 e. The summed E-state index contributed by atoms with van der Waals surface area (Å²) >= 11 is 0. The van der Waals surface area contributed by atoms with Crippen molar-refractivity contribution in [2.24, 2.45) is 0 Å². The number of hydrogen-bond acceptors (Lipinski definition) is 4. The van der Waals surface area contributed by atoms with E-state index in [-0.39, 0.29) is 50.0 Å². The molecule has 1 heterocycles. The largest absolute Gasteiger partial charge is 1.00 e. The second kappa shape index (κ2) is 9.65. The first-order chi connectivity index (χ1) is 14.4. The van der Waals surface area contributed by atoms with Gasteiger partial charge in [0.2, 0.25) is 0 Å². The predicted octanol–water partition coefficient (Wildman–Crippen LogP) is 0.565. The number of fused-ring (bicyclic) bond motifs is 1. The summed E-state index contributed by atoms with van der Waals surface area (Å²) in [5.74, 6) is -0.776. The smallest absolute Gasteiger partial charge is 1.00 e. The van der Waals surface area contributed by atoms with Crippen molar-refractivity contribution in [2.45, 2.75) is 12.3 Å². The Bertz CT molecular complexity index is 1160. The Morgan fingerprint density at radius 1 is 0.903 bits per heavy atom. The SMILES string of the molecule is O=C1c2ccccc2C(OCCS(=O)(=O)O)(c2ccccc2)N1Cc1ccccc1.[H-].[Na+]. The van der Waals surface area contributed by atoms with Gasteiger partial charge in [-0.15, -0.1) is 0 Å². The van der Waals surface area contributed by atoms with Crippen molar-refractivity contribution in [3.63, 3.8) is 0 Å². The molecule has 1 aliphatic heterocycles. The Morgan fingerprint density at radius 2 is 1.48 bits per heavy atom. The van der Waals surface area contributed by atoms with E-state index >= 15 is 0 Å². The van der Waals surface area contributed by atoms with Crippen LogP contribution in [0, 0.1) is 0 Å². The Hall–Kier alpha value is -2.00. The van der Waals surface area contributed by atoms with E-state index in [1.807, 2.05) is 72.8 Å². The Labute approximate surface area is 205 Å². The summed E-state index contributed by atoms with van der Waals surface area (Å²) in [5.41, 5.74) is 1.46. The van der Waals surface area contributed by atoms with Gasteiger partial charge in [-0.3, -0.25) is 14.2 Å². The first kappa shape index (κ1) is 23.7. The Kier molecular flexibility index (Phi) is 7.36. The summed E-state index contributed by atoms with van der Waals surface area (Å²) in [6.07, 6.45) is 0. The maximum atomic E-state index is 13.4. The van der Waals surface area contributed by atoms with Gasteiger partial charge in [0.15, 0.2) is 5.72 Å².